The first kappa shape index (κ1) is 18.5. The fourth-order valence-electron chi connectivity index (χ4n) is 3.77. The molecule has 0 saturated carbocycles. The smallest absolute Gasteiger partial charge is 0.122 e. The summed E-state index contributed by atoms with van der Waals surface area (Å²) < 4.78 is 0. The summed E-state index contributed by atoms with van der Waals surface area (Å²) >= 11 is 0. The predicted molar refractivity (Wildman–Crippen MR) is 106 cm³/mol. The number of aliphatic hydroxyl groups excluding tert-OH is 1. The topological polar surface area (TPSA) is 40.5 Å². The van der Waals surface area contributed by atoms with E-state index in [0.717, 1.165) is 5.56 Å². The molecule has 0 radical (unpaired) electrons. The van der Waals surface area contributed by atoms with Crippen molar-refractivity contribution in [3.8, 4) is 17.6 Å². The highest BCUT2D eigenvalue weighted by Gasteiger charge is 2.36. The highest BCUT2D eigenvalue weighted by atomic mass is 16.3. The summed E-state index contributed by atoms with van der Waals surface area (Å²) in [6.07, 6.45) is 3.12. The van der Waals surface area contributed by atoms with E-state index in [0.29, 0.717) is 12.0 Å². The van der Waals surface area contributed by atoms with Gasteiger partial charge in [0.15, 0.2) is 0 Å². The molecule has 3 rings (SSSR count). The maximum atomic E-state index is 9.82. The van der Waals surface area contributed by atoms with Gasteiger partial charge in [-0.1, -0.05) is 63.8 Å². The van der Waals surface area contributed by atoms with Crippen LogP contribution in [0.3, 0.4) is 0 Å². The van der Waals surface area contributed by atoms with E-state index in [1.807, 2.05) is 6.07 Å². The van der Waals surface area contributed by atoms with E-state index in [-0.39, 0.29) is 23.2 Å². The molecule has 136 valence electrons. The van der Waals surface area contributed by atoms with Crippen LogP contribution in [0.4, 0.5) is 0 Å². The first-order chi connectivity index (χ1) is 12.2. The number of fused-ring (bicyclic) bond motifs is 1. The molecule has 0 bridgehead atoms. The molecule has 0 unspecified atom stereocenters. The van der Waals surface area contributed by atoms with Gasteiger partial charge in [0.1, 0.15) is 5.75 Å². The lowest BCUT2D eigenvalue weighted by molar-refractivity contribution is 0.275. The molecule has 0 aromatic heterocycles. The monoisotopic (exact) mass is 348 g/mol. The normalized spacial score (nSPS) is 17.1. The molecule has 0 saturated heterocycles. The summed E-state index contributed by atoms with van der Waals surface area (Å²) in [5.41, 5.74) is 5.89. The van der Waals surface area contributed by atoms with Crippen LogP contribution in [-0.2, 0) is 23.9 Å². The van der Waals surface area contributed by atoms with E-state index in [4.69, 9.17) is 5.11 Å². The van der Waals surface area contributed by atoms with Gasteiger partial charge in [0, 0.05) is 17.5 Å². The highest BCUT2D eigenvalue weighted by Crippen LogP contribution is 2.45. The lowest BCUT2D eigenvalue weighted by Gasteiger charge is -2.42. The average molecular weight is 348 g/mol. The Balaban J connectivity index is 1.84. The van der Waals surface area contributed by atoms with Crippen molar-refractivity contribution in [3.05, 3.63) is 64.2 Å². The lowest BCUT2D eigenvalue weighted by Crippen LogP contribution is -2.33. The molecule has 2 heteroatoms. The molecule has 0 atom stereocenters. The van der Waals surface area contributed by atoms with E-state index in [2.05, 4.69) is 57.7 Å². The third-order valence-electron chi connectivity index (χ3n) is 5.70. The Morgan fingerprint density at radius 2 is 1.62 bits per heavy atom. The summed E-state index contributed by atoms with van der Waals surface area (Å²) in [5.74, 6) is 6.42. The average Bonchev–Trinajstić information content (AvgIpc) is 2.59. The molecule has 2 N–H and O–H groups in total. The van der Waals surface area contributed by atoms with E-state index in [9.17, 15) is 5.11 Å². The molecule has 2 nitrogen and oxygen atoms in total. The van der Waals surface area contributed by atoms with Crippen molar-refractivity contribution in [1.82, 2.24) is 0 Å². The fourth-order valence-corrected chi connectivity index (χ4v) is 3.77. The summed E-state index contributed by atoms with van der Waals surface area (Å²) in [7, 11) is 0. The Bertz CT molecular complexity index is 879. The molecule has 2 aromatic rings. The SMILES string of the molecule is CC1(C)CCC(C)(C)c2cc(CC#Cc3ccc(CO)c(O)c3)ccc21. The number of hydrogen-bond donors (Lipinski definition) is 2. The summed E-state index contributed by atoms with van der Waals surface area (Å²) in [6.45, 7) is 9.18. The van der Waals surface area contributed by atoms with Crippen molar-refractivity contribution >= 4 is 0 Å². The Kier molecular flexibility index (Phi) is 4.86. The predicted octanol–water partition coefficient (Wildman–Crippen LogP) is 4.83. The second-order valence-corrected chi connectivity index (χ2v) is 8.63. The first-order valence-electron chi connectivity index (χ1n) is 9.28. The molecule has 0 aliphatic heterocycles. The van der Waals surface area contributed by atoms with Gasteiger partial charge in [-0.3, -0.25) is 0 Å². The van der Waals surface area contributed by atoms with Gasteiger partial charge in [-0.25, -0.2) is 0 Å². The minimum absolute atomic E-state index is 0.0945. The molecular weight excluding hydrogens is 320 g/mol. The first-order valence-corrected chi connectivity index (χ1v) is 9.28. The zero-order valence-corrected chi connectivity index (χ0v) is 16.2. The molecule has 1 aliphatic rings. The standard InChI is InChI=1S/C24H28O2/c1-23(2)12-13-24(3,4)21-14-17(9-11-20(21)23)6-5-7-18-8-10-19(16-25)22(26)15-18/h8-11,14-15,25-26H,6,12-13,16H2,1-4H3. The highest BCUT2D eigenvalue weighted by molar-refractivity contribution is 5.46. The third-order valence-corrected chi connectivity index (χ3v) is 5.70. The minimum atomic E-state index is -0.166. The molecule has 2 aromatic carbocycles. The van der Waals surface area contributed by atoms with E-state index in [1.54, 1.807) is 12.1 Å². The van der Waals surface area contributed by atoms with Crippen LogP contribution < -0.4 is 0 Å². The summed E-state index contributed by atoms with van der Waals surface area (Å²) in [6, 6.07) is 12.0. The molecule has 1 aliphatic carbocycles. The van der Waals surface area contributed by atoms with Gasteiger partial charge in [0.2, 0.25) is 0 Å². The van der Waals surface area contributed by atoms with Gasteiger partial charge in [0.25, 0.3) is 0 Å². The number of aliphatic hydroxyl groups is 1. The van der Waals surface area contributed by atoms with Gasteiger partial charge in [-0.05, 0) is 52.5 Å². The number of aromatic hydroxyl groups is 1. The zero-order valence-electron chi connectivity index (χ0n) is 16.2. The van der Waals surface area contributed by atoms with Gasteiger partial charge >= 0.3 is 0 Å². The maximum absolute atomic E-state index is 9.82. The van der Waals surface area contributed by atoms with Crippen LogP contribution in [0.15, 0.2) is 36.4 Å². The van der Waals surface area contributed by atoms with Crippen LogP contribution in [0, 0.1) is 11.8 Å². The quantitative estimate of drug-likeness (QED) is 0.763. The molecule has 0 spiro atoms. The second kappa shape index (κ2) is 6.82. The Hall–Kier alpha value is -2.24. The molecular formula is C24H28O2. The number of hydrogen-bond acceptors (Lipinski definition) is 2. The Morgan fingerprint density at radius 1 is 0.923 bits per heavy atom. The van der Waals surface area contributed by atoms with E-state index >= 15 is 0 Å². The van der Waals surface area contributed by atoms with Crippen molar-refractivity contribution in [3.63, 3.8) is 0 Å². The Labute approximate surface area is 156 Å². The van der Waals surface area contributed by atoms with Crippen LogP contribution in [0.2, 0.25) is 0 Å². The number of phenols is 1. The summed E-state index contributed by atoms with van der Waals surface area (Å²) in [5, 5.41) is 18.9. The van der Waals surface area contributed by atoms with Crippen molar-refractivity contribution < 1.29 is 10.2 Å². The van der Waals surface area contributed by atoms with Crippen LogP contribution in [-0.4, -0.2) is 10.2 Å². The van der Waals surface area contributed by atoms with E-state index < -0.39 is 0 Å². The molecule has 0 fully saturated rings. The van der Waals surface area contributed by atoms with Crippen molar-refractivity contribution in [1.29, 1.82) is 0 Å². The van der Waals surface area contributed by atoms with Gasteiger partial charge in [-0.15, -0.1) is 0 Å². The largest absolute Gasteiger partial charge is 0.508 e. The van der Waals surface area contributed by atoms with Gasteiger partial charge in [0.05, 0.1) is 6.61 Å². The van der Waals surface area contributed by atoms with Crippen LogP contribution in [0.5, 0.6) is 5.75 Å². The fraction of sp³-hybridized carbons (Fsp3) is 0.417. The van der Waals surface area contributed by atoms with E-state index in [1.165, 1.54) is 29.5 Å². The molecule has 0 heterocycles. The molecule has 0 amide bonds. The van der Waals surface area contributed by atoms with Gasteiger partial charge < -0.3 is 10.2 Å². The van der Waals surface area contributed by atoms with Crippen LogP contribution >= 0.6 is 0 Å². The second-order valence-electron chi connectivity index (χ2n) is 8.63. The Morgan fingerprint density at radius 3 is 2.27 bits per heavy atom. The van der Waals surface area contributed by atoms with Crippen LogP contribution in [0.1, 0.15) is 68.4 Å². The zero-order chi connectivity index (χ0) is 18.9. The number of rotatable bonds is 2. The minimum Gasteiger partial charge on any atom is -0.508 e. The van der Waals surface area contributed by atoms with Crippen molar-refractivity contribution in [2.24, 2.45) is 0 Å². The summed E-state index contributed by atoms with van der Waals surface area (Å²) in [4.78, 5) is 0. The molecule has 26 heavy (non-hydrogen) atoms. The van der Waals surface area contributed by atoms with Gasteiger partial charge in [-0.2, -0.15) is 0 Å². The third kappa shape index (κ3) is 3.64. The van der Waals surface area contributed by atoms with Crippen LogP contribution in [0.25, 0.3) is 0 Å². The van der Waals surface area contributed by atoms with Crippen molar-refractivity contribution in [2.45, 2.75) is 64.4 Å². The van der Waals surface area contributed by atoms with Crippen molar-refractivity contribution in [2.75, 3.05) is 0 Å². The lowest BCUT2D eigenvalue weighted by atomic mass is 9.63. The number of benzene rings is 2. The maximum Gasteiger partial charge on any atom is 0.122 e.